The van der Waals surface area contributed by atoms with Crippen LogP contribution >= 0.6 is 0 Å². The number of nitrogens with one attached hydrogen (secondary N) is 1. The van der Waals surface area contributed by atoms with Crippen LogP contribution in [0.4, 0.5) is 5.69 Å². The second-order valence-electron chi connectivity index (χ2n) is 4.25. The summed E-state index contributed by atoms with van der Waals surface area (Å²) in [5, 5.41) is 2.79. The monoisotopic (exact) mass is 254 g/mol. The molecule has 94 valence electrons. The third-order valence-corrected chi connectivity index (χ3v) is 3.19. The van der Waals surface area contributed by atoms with Crippen LogP contribution in [0.2, 0.25) is 0 Å². The van der Waals surface area contributed by atoms with Gasteiger partial charge >= 0.3 is 0 Å². The average molecular weight is 254 g/mol. The van der Waals surface area contributed by atoms with Crippen LogP contribution in [-0.4, -0.2) is 28.2 Å². The van der Waals surface area contributed by atoms with Gasteiger partial charge in [-0.15, -0.1) is 0 Å². The van der Waals surface area contributed by atoms with Gasteiger partial charge in [0.25, 0.3) is 5.91 Å². The molecule has 0 spiro atoms. The van der Waals surface area contributed by atoms with Crippen molar-refractivity contribution in [1.82, 2.24) is 5.32 Å². The van der Waals surface area contributed by atoms with Crippen molar-refractivity contribution >= 4 is 22.4 Å². The van der Waals surface area contributed by atoms with Gasteiger partial charge in [-0.1, -0.05) is 0 Å². The molecule has 2 atom stereocenters. The van der Waals surface area contributed by atoms with Gasteiger partial charge in [-0.3, -0.25) is 9.00 Å². The van der Waals surface area contributed by atoms with Gasteiger partial charge in [0.2, 0.25) is 0 Å². The molecule has 0 fully saturated rings. The predicted octanol–water partition coefficient (Wildman–Crippen LogP) is 1.07. The fraction of sp³-hybridized carbons (Fsp3) is 0.417. The minimum absolute atomic E-state index is 0.116. The molecular weight excluding hydrogens is 236 g/mol. The van der Waals surface area contributed by atoms with Crippen molar-refractivity contribution in [3.8, 4) is 0 Å². The summed E-state index contributed by atoms with van der Waals surface area (Å²) < 4.78 is 11.0. The summed E-state index contributed by atoms with van der Waals surface area (Å²) in [7, 11) is -0.917. The van der Waals surface area contributed by atoms with Gasteiger partial charge in [0, 0.05) is 40.1 Å². The number of nitrogen functional groups attached to an aromatic ring is 1. The molecule has 3 N–H and O–H groups in total. The van der Waals surface area contributed by atoms with Gasteiger partial charge in [-0.25, -0.2) is 0 Å². The van der Waals surface area contributed by atoms with Crippen molar-refractivity contribution in [3.63, 3.8) is 0 Å². The lowest BCUT2D eigenvalue weighted by molar-refractivity contribution is 0.0943. The number of carbonyl (C=O) groups excluding carboxylic acids is 1. The zero-order chi connectivity index (χ0) is 13.0. The molecule has 4 nitrogen and oxygen atoms in total. The van der Waals surface area contributed by atoms with E-state index in [-0.39, 0.29) is 11.9 Å². The minimum atomic E-state index is -0.917. The summed E-state index contributed by atoms with van der Waals surface area (Å²) in [6.07, 6.45) is 1.62. The van der Waals surface area contributed by atoms with E-state index < -0.39 is 10.8 Å². The number of benzene rings is 1. The molecule has 0 radical (unpaired) electrons. The molecule has 1 aromatic carbocycles. The van der Waals surface area contributed by atoms with Crippen LogP contribution in [0.25, 0.3) is 0 Å². The van der Waals surface area contributed by atoms with Crippen LogP contribution < -0.4 is 11.1 Å². The number of rotatable bonds is 4. The van der Waals surface area contributed by atoms with Crippen LogP contribution in [0.1, 0.15) is 22.8 Å². The molecule has 0 saturated carbocycles. The predicted molar refractivity (Wildman–Crippen MR) is 71.5 cm³/mol. The number of hydrogen-bond acceptors (Lipinski definition) is 3. The second-order valence-corrected chi connectivity index (χ2v) is 5.73. The Labute approximate surface area is 104 Å². The number of hydrogen-bond donors (Lipinski definition) is 2. The summed E-state index contributed by atoms with van der Waals surface area (Å²) in [5.41, 5.74) is 7.74. The number of nitrogens with two attached hydrogens (primary N) is 1. The van der Waals surface area contributed by atoms with E-state index in [4.69, 9.17) is 5.73 Å². The van der Waals surface area contributed by atoms with Gasteiger partial charge in [0.1, 0.15) is 0 Å². The lowest BCUT2D eigenvalue weighted by Gasteiger charge is -2.13. The van der Waals surface area contributed by atoms with E-state index in [0.29, 0.717) is 17.0 Å². The minimum Gasteiger partial charge on any atom is -0.399 e. The van der Waals surface area contributed by atoms with Crippen LogP contribution in [0, 0.1) is 6.92 Å². The second kappa shape index (κ2) is 5.82. The molecular formula is C12H18N2O2S. The molecule has 1 amide bonds. The zero-order valence-electron chi connectivity index (χ0n) is 10.3. The molecule has 0 aliphatic rings. The van der Waals surface area contributed by atoms with Crippen molar-refractivity contribution in [3.05, 3.63) is 29.3 Å². The van der Waals surface area contributed by atoms with Crippen LogP contribution in [0.15, 0.2) is 18.2 Å². The summed E-state index contributed by atoms with van der Waals surface area (Å²) in [4.78, 5) is 11.9. The maximum Gasteiger partial charge on any atom is 0.251 e. The van der Waals surface area contributed by atoms with E-state index in [9.17, 15) is 9.00 Å². The average Bonchev–Trinajstić information content (AvgIpc) is 2.14. The van der Waals surface area contributed by atoms with Crippen LogP contribution in [0.3, 0.4) is 0 Å². The van der Waals surface area contributed by atoms with E-state index in [1.807, 2.05) is 13.8 Å². The van der Waals surface area contributed by atoms with Crippen LogP contribution in [-0.2, 0) is 10.8 Å². The maximum atomic E-state index is 11.9. The molecule has 0 aromatic heterocycles. The van der Waals surface area contributed by atoms with E-state index in [1.165, 1.54) is 0 Å². The smallest absolute Gasteiger partial charge is 0.251 e. The third kappa shape index (κ3) is 4.56. The fourth-order valence-corrected chi connectivity index (χ4v) is 2.43. The Morgan fingerprint density at radius 1 is 1.47 bits per heavy atom. The topological polar surface area (TPSA) is 72.2 Å². The van der Waals surface area contributed by atoms with Gasteiger partial charge in [-0.05, 0) is 37.6 Å². The van der Waals surface area contributed by atoms with Crippen molar-refractivity contribution in [2.45, 2.75) is 19.9 Å². The highest BCUT2D eigenvalue weighted by Crippen LogP contribution is 2.11. The normalized spacial score (nSPS) is 14.1. The first-order valence-corrected chi connectivity index (χ1v) is 7.09. The summed E-state index contributed by atoms with van der Waals surface area (Å²) in [6.45, 7) is 3.72. The lowest BCUT2D eigenvalue weighted by Crippen LogP contribution is -2.36. The number of aryl methyl sites for hydroxylation is 1. The van der Waals surface area contributed by atoms with E-state index >= 15 is 0 Å². The maximum absolute atomic E-state index is 11.9. The third-order valence-electron chi connectivity index (χ3n) is 2.22. The number of carbonyl (C=O) groups is 1. The van der Waals surface area contributed by atoms with Crippen molar-refractivity contribution in [1.29, 1.82) is 0 Å². The van der Waals surface area contributed by atoms with Gasteiger partial charge in [0.05, 0.1) is 0 Å². The SMILES string of the molecule is Cc1cc(N)cc(C(=O)NC(C)CS(C)=O)c1. The zero-order valence-corrected chi connectivity index (χ0v) is 11.1. The van der Waals surface area contributed by atoms with Crippen molar-refractivity contribution in [2.24, 2.45) is 0 Å². The molecule has 5 heteroatoms. The summed E-state index contributed by atoms with van der Waals surface area (Å²) in [6, 6.07) is 5.11. The molecule has 0 bridgehead atoms. The molecule has 0 heterocycles. The van der Waals surface area contributed by atoms with E-state index in [0.717, 1.165) is 5.56 Å². The Morgan fingerprint density at radius 2 is 2.12 bits per heavy atom. The molecule has 0 saturated heterocycles. The van der Waals surface area contributed by atoms with E-state index in [1.54, 1.807) is 24.5 Å². The Bertz CT molecular complexity index is 426. The highest BCUT2D eigenvalue weighted by molar-refractivity contribution is 7.84. The first-order chi connectivity index (χ1) is 7.88. The first-order valence-electron chi connectivity index (χ1n) is 5.36. The Kier molecular flexibility index (Phi) is 4.69. The van der Waals surface area contributed by atoms with Crippen LogP contribution in [0.5, 0.6) is 0 Å². The molecule has 0 aliphatic heterocycles. The van der Waals surface area contributed by atoms with E-state index in [2.05, 4.69) is 5.32 Å². The largest absolute Gasteiger partial charge is 0.399 e. The fourth-order valence-electron chi connectivity index (χ4n) is 1.64. The quantitative estimate of drug-likeness (QED) is 0.790. The standard InChI is InChI=1S/C12H18N2O2S/c1-8-4-10(6-11(13)5-8)12(15)14-9(2)7-17(3)16/h4-6,9H,7,13H2,1-3H3,(H,14,15). The molecule has 1 rings (SSSR count). The molecule has 1 aromatic rings. The molecule has 2 unspecified atom stereocenters. The summed E-state index contributed by atoms with van der Waals surface area (Å²) >= 11 is 0. The highest BCUT2D eigenvalue weighted by atomic mass is 32.2. The van der Waals surface area contributed by atoms with Crippen molar-refractivity contribution in [2.75, 3.05) is 17.7 Å². The molecule has 0 aliphatic carbocycles. The Morgan fingerprint density at radius 3 is 2.65 bits per heavy atom. The van der Waals surface area contributed by atoms with Crippen molar-refractivity contribution < 1.29 is 9.00 Å². The number of amides is 1. The number of anilines is 1. The summed E-state index contributed by atoms with van der Waals surface area (Å²) in [5.74, 6) is 0.269. The van der Waals surface area contributed by atoms with Gasteiger partial charge in [-0.2, -0.15) is 0 Å². The lowest BCUT2D eigenvalue weighted by atomic mass is 10.1. The molecule has 17 heavy (non-hydrogen) atoms. The van der Waals surface area contributed by atoms with Gasteiger partial charge in [0.15, 0.2) is 0 Å². The highest BCUT2D eigenvalue weighted by Gasteiger charge is 2.11. The Hall–Kier alpha value is -1.36. The van der Waals surface area contributed by atoms with Gasteiger partial charge < -0.3 is 11.1 Å². The Balaban J connectivity index is 2.72. The first kappa shape index (κ1) is 13.7.